The van der Waals surface area contributed by atoms with E-state index < -0.39 is 6.04 Å². The van der Waals surface area contributed by atoms with Gasteiger partial charge in [0, 0.05) is 16.8 Å². The van der Waals surface area contributed by atoms with Crippen LogP contribution in [-0.4, -0.2) is 21.2 Å². The van der Waals surface area contributed by atoms with E-state index in [2.05, 4.69) is 10.3 Å². The minimum absolute atomic E-state index is 0.0881. The van der Waals surface area contributed by atoms with E-state index in [1.54, 1.807) is 38.1 Å². The minimum Gasteiger partial charge on any atom is -0.443 e. The van der Waals surface area contributed by atoms with Crippen molar-refractivity contribution in [2.75, 3.05) is 5.32 Å². The van der Waals surface area contributed by atoms with Crippen molar-refractivity contribution < 1.29 is 14.0 Å². The molecule has 1 N–H and O–H groups in total. The van der Waals surface area contributed by atoms with Crippen molar-refractivity contribution in [1.29, 1.82) is 0 Å². The number of hydrogen-bond acceptors (Lipinski definition) is 5. The zero-order chi connectivity index (χ0) is 19.7. The van der Waals surface area contributed by atoms with Gasteiger partial charge in [-0.05, 0) is 39.3 Å². The highest BCUT2D eigenvalue weighted by Gasteiger charge is 2.23. The molecule has 1 aromatic carbocycles. The summed E-state index contributed by atoms with van der Waals surface area (Å²) in [6, 6.07) is 5.96. The highest BCUT2D eigenvalue weighted by molar-refractivity contribution is 5.98. The minimum atomic E-state index is -0.731. The molecule has 0 spiro atoms. The second-order valence-corrected chi connectivity index (χ2v) is 6.47. The van der Waals surface area contributed by atoms with Crippen LogP contribution in [0.3, 0.4) is 0 Å². The summed E-state index contributed by atoms with van der Waals surface area (Å²) in [5, 5.41) is 3.17. The smallest absolute Gasteiger partial charge is 0.265 e. The molecule has 2 heterocycles. The predicted molar refractivity (Wildman–Crippen MR) is 102 cm³/mol. The number of nitrogens with one attached hydrogen (secondary N) is 1. The van der Waals surface area contributed by atoms with E-state index in [0.29, 0.717) is 28.8 Å². The van der Waals surface area contributed by atoms with Crippen molar-refractivity contribution in [3.63, 3.8) is 0 Å². The molecule has 0 aliphatic rings. The van der Waals surface area contributed by atoms with Gasteiger partial charge in [0.15, 0.2) is 5.78 Å². The van der Waals surface area contributed by atoms with E-state index in [0.717, 1.165) is 5.56 Å². The number of carbonyl (C=O) groups is 2. The number of Topliss-reactive ketones (excluding diaryl/α,β-unsaturated/α-hetero) is 1. The third-order valence-electron chi connectivity index (χ3n) is 4.68. The lowest BCUT2D eigenvalue weighted by Crippen LogP contribution is -2.33. The third-order valence-corrected chi connectivity index (χ3v) is 4.68. The Morgan fingerprint density at radius 3 is 2.70 bits per heavy atom. The topological polar surface area (TPSA) is 94.2 Å². The highest BCUT2D eigenvalue weighted by atomic mass is 16.3. The van der Waals surface area contributed by atoms with E-state index in [1.807, 2.05) is 6.92 Å². The van der Waals surface area contributed by atoms with Crippen molar-refractivity contribution in [2.24, 2.45) is 0 Å². The molecule has 1 amide bonds. The summed E-state index contributed by atoms with van der Waals surface area (Å²) in [6.45, 7) is 6.85. The molecule has 0 aliphatic carbocycles. The SMILES string of the molecule is CC[C@H](C(=O)Nc1cccc(C(C)=O)c1)n1cnc2oc(C)c(C)c2c1=O. The number of aryl methyl sites for hydroxylation is 2. The average Bonchev–Trinajstić information content (AvgIpc) is 2.92. The molecule has 0 radical (unpaired) electrons. The van der Waals surface area contributed by atoms with Gasteiger partial charge in [-0.3, -0.25) is 19.0 Å². The number of hydrogen-bond donors (Lipinski definition) is 1. The summed E-state index contributed by atoms with van der Waals surface area (Å²) >= 11 is 0. The molecule has 0 aliphatic heterocycles. The Bertz CT molecular complexity index is 1090. The zero-order valence-electron chi connectivity index (χ0n) is 15.7. The monoisotopic (exact) mass is 367 g/mol. The van der Waals surface area contributed by atoms with Crippen molar-refractivity contribution >= 4 is 28.5 Å². The van der Waals surface area contributed by atoms with E-state index in [-0.39, 0.29) is 23.0 Å². The molecular formula is C20H21N3O4. The number of aromatic nitrogens is 2. The first-order valence-electron chi connectivity index (χ1n) is 8.72. The van der Waals surface area contributed by atoms with E-state index in [1.165, 1.54) is 17.8 Å². The molecule has 7 heteroatoms. The molecular weight excluding hydrogens is 346 g/mol. The maximum Gasteiger partial charge on any atom is 0.265 e. The number of rotatable bonds is 5. The van der Waals surface area contributed by atoms with Gasteiger partial charge in [0.2, 0.25) is 11.6 Å². The van der Waals surface area contributed by atoms with Gasteiger partial charge in [-0.2, -0.15) is 0 Å². The van der Waals surface area contributed by atoms with Crippen LogP contribution in [0.15, 0.2) is 39.8 Å². The molecule has 27 heavy (non-hydrogen) atoms. The van der Waals surface area contributed by atoms with E-state index in [9.17, 15) is 14.4 Å². The Balaban J connectivity index is 1.96. The third kappa shape index (κ3) is 3.40. The quantitative estimate of drug-likeness (QED) is 0.698. The molecule has 3 rings (SSSR count). The normalized spacial score (nSPS) is 12.1. The molecule has 0 fully saturated rings. The number of fused-ring (bicyclic) bond motifs is 1. The van der Waals surface area contributed by atoms with Crippen LogP contribution in [0, 0.1) is 13.8 Å². The fourth-order valence-electron chi connectivity index (χ4n) is 3.02. The van der Waals surface area contributed by atoms with Gasteiger partial charge in [0.1, 0.15) is 23.5 Å². The van der Waals surface area contributed by atoms with Gasteiger partial charge in [0.25, 0.3) is 5.56 Å². The predicted octanol–water partition coefficient (Wildman–Crippen LogP) is 3.40. The van der Waals surface area contributed by atoms with Crippen LogP contribution in [0.2, 0.25) is 0 Å². The summed E-state index contributed by atoms with van der Waals surface area (Å²) in [7, 11) is 0. The van der Waals surface area contributed by atoms with Gasteiger partial charge in [0.05, 0.1) is 0 Å². The molecule has 0 saturated carbocycles. The molecule has 1 atom stereocenters. The first-order valence-corrected chi connectivity index (χ1v) is 8.72. The van der Waals surface area contributed by atoms with E-state index in [4.69, 9.17) is 4.42 Å². The Morgan fingerprint density at radius 1 is 1.30 bits per heavy atom. The van der Waals surface area contributed by atoms with Crippen LogP contribution in [0.4, 0.5) is 5.69 Å². The van der Waals surface area contributed by atoms with Gasteiger partial charge < -0.3 is 9.73 Å². The highest BCUT2D eigenvalue weighted by Crippen LogP contribution is 2.21. The summed E-state index contributed by atoms with van der Waals surface area (Å²) < 4.78 is 6.81. The average molecular weight is 367 g/mol. The van der Waals surface area contributed by atoms with Crippen LogP contribution < -0.4 is 10.9 Å². The Kier molecular flexibility index (Phi) is 4.94. The second kappa shape index (κ2) is 7.19. The molecule has 2 aromatic heterocycles. The van der Waals surface area contributed by atoms with Gasteiger partial charge in [-0.25, -0.2) is 4.98 Å². The molecule has 0 bridgehead atoms. The molecule has 0 unspecified atom stereocenters. The fourth-order valence-corrected chi connectivity index (χ4v) is 3.02. The van der Waals surface area contributed by atoms with Crippen molar-refractivity contribution in [1.82, 2.24) is 9.55 Å². The number of amides is 1. The van der Waals surface area contributed by atoms with Crippen LogP contribution in [0.5, 0.6) is 0 Å². The van der Waals surface area contributed by atoms with Crippen LogP contribution in [-0.2, 0) is 4.79 Å². The maximum atomic E-state index is 12.9. The lowest BCUT2D eigenvalue weighted by molar-refractivity contribution is -0.119. The Hall–Kier alpha value is -3.22. The fraction of sp³-hybridized carbons (Fsp3) is 0.300. The standard InChI is InChI=1S/C20H21N3O4/c1-5-16(18(25)22-15-8-6-7-14(9-15)12(3)24)23-10-21-19-17(20(23)26)11(2)13(4)27-19/h6-10,16H,5H2,1-4H3,(H,22,25)/t16-/m1/s1. The molecule has 0 saturated heterocycles. The zero-order valence-corrected chi connectivity index (χ0v) is 15.7. The second-order valence-electron chi connectivity index (χ2n) is 6.47. The summed E-state index contributed by atoms with van der Waals surface area (Å²) in [5.74, 6) is 0.194. The van der Waals surface area contributed by atoms with Gasteiger partial charge in [-0.1, -0.05) is 19.1 Å². The number of anilines is 1. The molecule has 3 aromatic rings. The maximum absolute atomic E-state index is 12.9. The largest absolute Gasteiger partial charge is 0.443 e. The van der Waals surface area contributed by atoms with Gasteiger partial charge >= 0.3 is 0 Å². The van der Waals surface area contributed by atoms with E-state index >= 15 is 0 Å². The van der Waals surface area contributed by atoms with Crippen molar-refractivity contribution in [2.45, 2.75) is 40.2 Å². The number of nitrogens with zero attached hydrogens (tertiary/aromatic N) is 2. The number of furan rings is 1. The summed E-state index contributed by atoms with van der Waals surface area (Å²) in [5.41, 5.74) is 1.69. The van der Waals surface area contributed by atoms with Crippen molar-refractivity contribution in [3.8, 4) is 0 Å². The van der Waals surface area contributed by atoms with Crippen LogP contribution >= 0.6 is 0 Å². The first kappa shape index (κ1) is 18.6. The summed E-state index contributed by atoms with van der Waals surface area (Å²) in [4.78, 5) is 41.4. The summed E-state index contributed by atoms with van der Waals surface area (Å²) in [6.07, 6.45) is 1.74. The van der Waals surface area contributed by atoms with Crippen LogP contribution in [0.1, 0.15) is 48.0 Å². The number of ketones is 1. The number of benzene rings is 1. The number of carbonyl (C=O) groups excluding carboxylic acids is 2. The lowest BCUT2D eigenvalue weighted by atomic mass is 10.1. The Labute approximate surface area is 156 Å². The molecule has 140 valence electrons. The van der Waals surface area contributed by atoms with Crippen molar-refractivity contribution in [3.05, 3.63) is 57.8 Å². The van der Waals surface area contributed by atoms with Gasteiger partial charge in [-0.15, -0.1) is 0 Å². The Morgan fingerprint density at radius 2 is 2.04 bits per heavy atom. The molecule has 7 nitrogen and oxygen atoms in total. The lowest BCUT2D eigenvalue weighted by Gasteiger charge is -2.17. The first-order chi connectivity index (χ1) is 12.8. The van der Waals surface area contributed by atoms with Crippen LogP contribution in [0.25, 0.3) is 11.1 Å².